The summed E-state index contributed by atoms with van der Waals surface area (Å²) in [5, 5.41) is 0. The van der Waals surface area contributed by atoms with E-state index in [0.29, 0.717) is 6.04 Å². The smallest absolute Gasteiger partial charge is 0.00793 e. The van der Waals surface area contributed by atoms with Gasteiger partial charge in [0.2, 0.25) is 0 Å². The molecule has 0 radical (unpaired) electrons. The van der Waals surface area contributed by atoms with Crippen LogP contribution in [0.4, 0.5) is 0 Å². The molecule has 2 N–H and O–H groups in total. The monoisotopic (exact) mass is 214 g/mol. The Bertz CT molecular complexity index is 169. The highest BCUT2D eigenvalue weighted by Gasteiger charge is 2.24. The summed E-state index contributed by atoms with van der Waals surface area (Å²) in [4.78, 5) is 2.62. The van der Waals surface area contributed by atoms with E-state index in [1.165, 1.54) is 56.8 Å². The zero-order chi connectivity index (χ0) is 9.80. The fourth-order valence-corrected chi connectivity index (χ4v) is 3.56. The third-order valence-electron chi connectivity index (χ3n) is 3.56. The van der Waals surface area contributed by atoms with Crippen molar-refractivity contribution >= 4 is 11.8 Å². The second kappa shape index (κ2) is 5.38. The summed E-state index contributed by atoms with van der Waals surface area (Å²) in [6.07, 6.45) is 5.38. The Morgan fingerprint density at radius 1 is 1.14 bits per heavy atom. The van der Waals surface area contributed by atoms with E-state index in [9.17, 15) is 0 Å². The van der Waals surface area contributed by atoms with Gasteiger partial charge in [-0.2, -0.15) is 11.8 Å². The molecule has 0 spiro atoms. The summed E-state index contributed by atoms with van der Waals surface area (Å²) in [5.74, 6) is 3.43. The number of hydrogen-bond acceptors (Lipinski definition) is 3. The lowest BCUT2D eigenvalue weighted by molar-refractivity contribution is 0.196. The highest BCUT2D eigenvalue weighted by Crippen LogP contribution is 2.24. The lowest BCUT2D eigenvalue weighted by Crippen LogP contribution is -2.43. The molecule has 2 unspecified atom stereocenters. The molecule has 0 aromatic heterocycles. The Balaban J connectivity index is 1.76. The van der Waals surface area contributed by atoms with Crippen molar-refractivity contribution in [1.82, 2.24) is 4.90 Å². The molecule has 0 aromatic rings. The Kier molecular flexibility index (Phi) is 4.14. The van der Waals surface area contributed by atoms with Crippen LogP contribution in [0.3, 0.4) is 0 Å². The molecule has 14 heavy (non-hydrogen) atoms. The predicted molar refractivity (Wildman–Crippen MR) is 63.7 cm³/mol. The number of hydrogen-bond donors (Lipinski definition) is 1. The van der Waals surface area contributed by atoms with Crippen molar-refractivity contribution in [2.75, 3.05) is 31.1 Å². The van der Waals surface area contributed by atoms with Crippen LogP contribution < -0.4 is 5.73 Å². The Morgan fingerprint density at radius 3 is 2.57 bits per heavy atom. The molecule has 3 heteroatoms. The lowest BCUT2D eigenvalue weighted by Gasteiger charge is -2.35. The van der Waals surface area contributed by atoms with E-state index in [2.05, 4.69) is 16.7 Å². The number of rotatable bonds is 2. The zero-order valence-electron chi connectivity index (χ0n) is 8.95. The minimum Gasteiger partial charge on any atom is -0.327 e. The lowest BCUT2D eigenvalue weighted by atomic mass is 9.85. The van der Waals surface area contributed by atoms with Gasteiger partial charge in [-0.25, -0.2) is 0 Å². The van der Waals surface area contributed by atoms with Gasteiger partial charge >= 0.3 is 0 Å². The Labute approximate surface area is 91.6 Å². The molecule has 0 aromatic carbocycles. The maximum absolute atomic E-state index is 6.16. The molecule has 1 saturated heterocycles. The number of nitrogens with zero attached hydrogens (tertiary/aromatic N) is 1. The van der Waals surface area contributed by atoms with Crippen molar-refractivity contribution in [1.29, 1.82) is 0 Å². The highest BCUT2D eigenvalue weighted by molar-refractivity contribution is 7.99. The van der Waals surface area contributed by atoms with E-state index in [0.717, 1.165) is 5.92 Å². The normalized spacial score (nSPS) is 35.8. The van der Waals surface area contributed by atoms with Crippen LogP contribution in [0.5, 0.6) is 0 Å². The maximum Gasteiger partial charge on any atom is 0.00793 e. The minimum atomic E-state index is 0.485. The van der Waals surface area contributed by atoms with Gasteiger partial charge in [0.25, 0.3) is 0 Å². The van der Waals surface area contributed by atoms with Crippen molar-refractivity contribution in [3.8, 4) is 0 Å². The van der Waals surface area contributed by atoms with Crippen LogP contribution in [0.25, 0.3) is 0 Å². The van der Waals surface area contributed by atoms with E-state index in [4.69, 9.17) is 5.73 Å². The van der Waals surface area contributed by atoms with E-state index in [1.54, 1.807) is 0 Å². The van der Waals surface area contributed by atoms with Crippen LogP contribution in [0.2, 0.25) is 0 Å². The van der Waals surface area contributed by atoms with Crippen LogP contribution in [0.1, 0.15) is 25.7 Å². The quantitative estimate of drug-likeness (QED) is 0.756. The fourth-order valence-electron chi connectivity index (χ4n) is 2.58. The van der Waals surface area contributed by atoms with Gasteiger partial charge in [0.1, 0.15) is 0 Å². The van der Waals surface area contributed by atoms with E-state index >= 15 is 0 Å². The largest absolute Gasteiger partial charge is 0.327 e. The average Bonchev–Trinajstić information content (AvgIpc) is 2.23. The highest BCUT2D eigenvalue weighted by atomic mass is 32.2. The molecule has 1 saturated carbocycles. The van der Waals surface area contributed by atoms with Gasteiger partial charge in [-0.1, -0.05) is 12.8 Å². The average molecular weight is 214 g/mol. The van der Waals surface area contributed by atoms with Gasteiger partial charge < -0.3 is 10.6 Å². The van der Waals surface area contributed by atoms with Crippen molar-refractivity contribution in [2.45, 2.75) is 31.7 Å². The summed E-state index contributed by atoms with van der Waals surface area (Å²) >= 11 is 2.09. The van der Waals surface area contributed by atoms with Gasteiger partial charge in [0.05, 0.1) is 0 Å². The molecule has 2 aliphatic rings. The second-order valence-corrected chi connectivity index (χ2v) is 5.85. The zero-order valence-corrected chi connectivity index (χ0v) is 9.77. The molecule has 2 atom stereocenters. The molecular formula is C11H22N2S. The van der Waals surface area contributed by atoms with Crippen molar-refractivity contribution < 1.29 is 0 Å². The van der Waals surface area contributed by atoms with Crippen molar-refractivity contribution in [3.63, 3.8) is 0 Å². The molecule has 0 bridgehead atoms. The topological polar surface area (TPSA) is 29.3 Å². The third-order valence-corrected chi connectivity index (χ3v) is 4.51. The number of thioether (sulfide) groups is 1. The van der Waals surface area contributed by atoms with Crippen LogP contribution >= 0.6 is 11.8 Å². The first-order valence-corrected chi connectivity index (χ1v) is 7.07. The van der Waals surface area contributed by atoms with Gasteiger partial charge in [0.15, 0.2) is 0 Å². The molecule has 1 heterocycles. The van der Waals surface area contributed by atoms with Gasteiger partial charge in [0, 0.05) is 37.2 Å². The van der Waals surface area contributed by atoms with E-state index in [-0.39, 0.29) is 0 Å². The van der Waals surface area contributed by atoms with Crippen molar-refractivity contribution in [3.05, 3.63) is 0 Å². The molecule has 0 amide bonds. The van der Waals surface area contributed by atoms with Crippen LogP contribution in [0, 0.1) is 5.92 Å². The summed E-state index contributed by atoms with van der Waals surface area (Å²) in [5.41, 5.74) is 6.16. The molecule has 2 nitrogen and oxygen atoms in total. The van der Waals surface area contributed by atoms with Crippen molar-refractivity contribution in [2.24, 2.45) is 11.7 Å². The molecule has 2 fully saturated rings. The fraction of sp³-hybridized carbons (Fsp3) is 1.00. The maximum atomic E-state index is 6.16. The molecular weight excluding hydrogens is 192 g/mol. The Hall–Kier alpha value is 0.270. The SMILES string of the molecule is NC1CCCCC1CN1CCSCC1. The first kappa shape index (κ1) is 10.8. The standard InChI is InChI=1S/C11H22N2S/c12-11-4-2-1-3-10(11)9-13-5-7-14-8-6-13/h10-11H,1-9,12H2. The van der Waals surface area contributed by atoms with E-state index < -0.39 is 0 Å². The Morgan fingerprint density at radius 2 is 1.86 bits per heavy atom. The van der Waals surface area contributed by atoms with E-state index in [1.807, 2.05) is 0 Å². The predicted octanol–water partition coefficient (Wildman–Crippen LogP) is 1.55. The minimum absolute atomic E-state index is 0.485. The summed E-state index contributed by atoms with van der Waals surface area (Å²) in [6.45, 7) is 3.84. The first-order chi connectivity index (χ1) is 6.86. The van der Waals surface area contributed by atoms with Crippen LogP contribution in [0.15, 0.2) is 0 Å². The molecule has 1 aliphatic heterocycles. The van der Waals surface area contributed by atoms with Gasteiger partial charge in [-0.3, -0.25) is 0 Å². The molecule has 2 rings (SSSR count). The second-order valence-electron chi connectivity index (χ2n) is 4.62. The van der Waals surface area contributed by atoms with Crippen LogP contribution in [-0.4, -0.2) is 42.1 Å². The summed E-state index contributed by atoms with van der Waals surface area (Å²) < 4.78 is 0. The molecule has 1 aliphatic carbocycles. The van der Waals surface area contributed by atoms with Gasteiger partial charge in [-0.15, -0.1) is 0 Å². The summed E-state index contributed by atoms with van der Waals surface area (Å²) in [6, 6.07) is 0.485. The first-order valence-electron chi connectivity index (χ1n) is 5.92. The number of nitrogens with two attached hydrogens (primary N) is 1. The third kappa shape index (κ3) is 2.88. The molecule has 82 valence electrons. The summed E-state index contributed by atoms with van der Waals surface area (Å²) in [7, 11) is 0. The van der Waals surface area contributed by atoms with Gasteiger partial charge in [-0.05, 0) is 18.8 Å². The van der Waals surface area contributed by atoms with Crippen LogP contribution in [-0.2, 0) is 0 Å².